The molecule has 0 aliphatic heterocycles. The van der Waals surface area contributed by atoms with Gasteiger partial charge in [0, 0.05) is 5.56 Å². The first-order chi connectivity index (χ1) is 7.95. The predicted molar refractivity (Wildman–Crippen MR) is 64.9 cm³/mol. The third kappa shape index (κ3) is 3.31. The summed E-state index contributed by atoms with van der Waals surface area (Å²) in [6.45, 7) is 5.42. The van der Waals surface area contributed by atoms with E-state index in [-0.39, 0.29) is 5.91 Å². The van der Waals surface area contributed by atoms with Crippen molar-refractivity contribution in [3.8, 4) is 0 Å². The Morgan fingerprint density at radius 3 is 2.47 bits per heavy atom. The lowest BCUT2D eigenvalue weighted by Gasteiger charge is -2.13. The molecule has 1 amide bonds. The number of carbonyl (C=O) groups excluding carboxylic acids is 2. The van der Waals surface area contributed by atoms with Gasteiger partial charge in [-0.25, -0.2) is 4.79 Å². The lowest BCUT2D eigenvalue weighted by Crippen LogP contribution is -2.39. The second kappa shape index (κ2) is 5.48. The molecule has 4 heteroatoms. The number of nitrogens with one attached hydrogen (secondary N) is 1. The molecule has 92 valence electrons. The van der Waals surface area contributed by atoms with E-state index in [1.54, 1.807) is 13.0 Å². The van der Waals surface area contributed by atoms with Gasteiger partial charge in [0.15, 0.2) is 0 Å². The highest BCUT2D eigenvalue weighted by molar-refractivity contribution is 5.97. The van der Waals surface area contributed by atoms with Gasteiger partial charge in [-0.3, -0.25) is 4.79 Å². The Labute approximate surface area is 101 Å². The van der Waals surface area contributed by atoms with Crippen molar-refractivity contribution in [1.29, 1.82) is 0 Å². The zero-order chi connectivity index (χ0) is 13.0. The Morgan fingerprint density at radius 2 is 1.94 bits per heavy atom. The second-order valence-electron chi connectivity index (χ2n) is 4.04. The standard InChI is InChI=1S/C13H17NO3/c1-8-5-6-11(9(2)7-8)12(15)14-10(3)13(16)17-4/h5-7,10H,1-4H3,(H,14,15)/t10-/m0/s1. The van der Waals surface area contributed by atoms with E-state index in [1.165, 1.54) is 7.11 Å². The van der Waals surface area contributed by atoms with Crippen molar-refractivity contribution in [3.05, 3.63) is 34.9 Å². The molecule has 0 fully saturated rings. The molecule has 1 aromatic carbocycles. The fourth-order valence-corrected chi connectivity index (χ4v) is 1.58. The van der Waals surface area contributed by atoms with Crippen LogP contribution in [-0.4, -0.2) is 25.0 Å². The fraction of sp³-hybridized carbons (Fsp3) is 0.385. The summed E-state index contributed by atoms with van der Waals surface area (Å²) in [6, 6.07) is 4.90. The Morgan fingerprint density at radius 1 is 1.29 bits per heavy atom. The molecule has 0 aliphatic carbocycles. The third-order valence-electron chi connectivity index (χ3n) is 2.53. The van der Waals surface area contributed by atoms with Gasteiger partial charge in [0.1, 0.15) is 6.04 Å². The predicted octanol–water partition coefficient (Wildman–Crippen LogP) is 1.59. The Hall–Kier alpha value is -1.84. The molecule has 0 unspecified atom stereocenters. The van der Waals surface area contributed by atoms with Crippen LogP contribution in [-0.2, 0) is 9.53 Å². The zero-order valence-electron chi connectivity index (χ0n) is 10.5. The molecule has 17 heavy (non-hydrogen) atoms. The first-order valence-corrected chi connectivity index (χ1v) is 5.41. The summed E-state index contributed by atoms with van der Waals surface area (Å²) < 4.78 is 4.54. The number of esters is 1. The molecule has 4 nitrogen and oxygen atoms in total. The van der Waals surface area contributed by atoms with Gasteiger partial charge < -0.3 is 10.1 Å². The number of benzene rings is 1. The average Bonchev–Trinajstić information content (AvgIpc) is 2.27. The van der Waals surface area contributed by atoms with Crippen molar-refractivity contribution in [2.75, 3.05) is 7.11 Å². The van der Waals surface area contributed by atoms with E-state index < -0.39 is 12.0 Å². The maximum Gasteiger partial charge on any atom is 0.328 e. The van der Waals surface area contributed by atoms with Crippen LogP contribution in [0.1, 0.15) is 28.4 Å². The Kier molecular flexibility index (Phi) is 4.26. The molecular formula is C13H17NO3. The van der Waals surface area contributed by atoms with Crippen LogP contribution >= 0.6 is 0 Å². The van der Waals surface area contributed by atoms with Crippen LogP contribution in [0.25, 0.3) is 0 Å². The van der Waals surface area contributed by atoms with Gasteiger partial charge in [-0.1, -0.05) is 17.7 Å². The molecule has 1 aromatic rings. The SMILES string of the molecule is COC(=O)[C@H](C)NC(=O)c1ccc(C)cc1C. The second-order valence-corrected chi connectivity index (χ2v) is 4.04. The van der Waals surface area contributed by atoms with Crippen molar-refractivity contribution in [3.63, 3.8) is 0 Å². The van der Waals surface area contributed by atoms with Gasteiger partial charge in [0.05, 0.1) is 7.11 Å². The molecular weight excluding hydrogens is 218 g/mol. The van der Waals surface area contributed by atoms with Crippen LogP contribution in [0.4, 0.5) is 0 Å². The number of hydrogen-bond donors (Lipinski definition) is 1. The minimum atomic E-state index is -0.645. The number of aryl methyl sites for hydroxylation is 2. The number of rotatable bonds is 3. The Balaban J connectivity index is 2.80. The van der Waals surface area contributed by atoms with Crippen molar-refractivity contribution < 1.29 is 14.3 Å². The van der Waals surface area contributed by atoms with Gasteiger partial charge in [-0.15, -0.1) is 0 Å². The van der Waals surface area contributed by atoms with E-state index in [0.717, 1.165) is 11.1 Å². The molecule has 0 aromatic heterocycles. The number of amides is 1. The van der Waals surface area contributed by atoms with Crippen molar-refractivity contribution >= 4 is 11.9 Å². The van der Waals surface area contributed by atoms with Gasteiger partial charge in [-0.05, 0) is 32.4 Å². The summed E-state index contributed by atoms with van der Waals surface area (Å²) in [7, 11) is 1.29. The highest BCUT2D eigenvalue weighted by Crippen LogP contribution is 2.10. The largest absolute Gasteiger partial charge is 0.467 e. The highest BCUT2D eigenvalue weighted by Gasteiger charge is 2.17. The summed E-state index contributed by atoms with van der Waals surface area (Å²) >= 11 is 0. The molecule has 0 radical (unpaired) electrons. The van der Waals surface area contributed by atoms with Crippen molar-refractivity contribution in [2.24, 2.45) is 0 Å². The normalized spacial score (nSPS) is 11.8. The summed E-state index contributed by atoms with van der Waals surface area (Å²) in [5.74, 6) is -0.719. The molecule has 1 N–H and O–H groups in total. The van der Waals surface area contributed by atoms with Crippen LogP contribution in [0, 0.1) is 13.8 Å². The average molecular weight is 235 g/mol. The minimum Gasteiger partial charge on any atom is -0.467 e. The molecule has 0 bridgehead atoms. The summed E-state index contributed by atoms with van der Waals surface area (Å²) in [5.41, 5.74) is 2.56. The quantitative estimate of drug-likeness (QED) is 0.809. The van der Waals surface area contributed by atoms with Gasteiger partial charge in [0.25, 0.3) is 5.91 Å². The lowest BCUT2D eigenvalue weighted by molar-refractivity contribution is -0.142. The van der Waals surface area contributed by atoms with Gasteiger partial charge >= 0.3 is 5.97 Å². The van der Waals surface area contributed by atoms with Crippen molar-refractivity contribution in [1.82, 2.24) is 5.32 Å². The summed E-state index contributed by atoms with van der Waals surface area (Å²) in [6.07, 6.45) is 0. The minimum absolute atomic E-state index is 0.264. The van der Waals surface area contributed by atoms with Crippen LogP contribution in [0.5, 0.6) is 0 Å². The van der Waals surface area contributed by atoms with Gasteiger partial charge in [0.2, 0.25) is 0 Å². The van der Waals surface area contributed by atoms with E-state index in [4.69, 9.17) is 0 Å². The monoisotopic (exact) mass is 235 g/mol. The van der Waals surface area contributed by atoms with E-state index in [9.17, 15) is 9.59 Å². The highest BCUT2D eigenvalue weighted by atomic mass is 16.5. The third-order valence-corrected chi connectivity index (χ3v) is 2.53. The maximum absolute atomic E-state index is 11.9. The summed E-state index contributed by atoms with van der Waals surface area (Å²) in [5, 5.41) is 2.59. The van der Waals surface area contributed by atoms with E-state index in [0.29, 0.717) is 5.56 Å². The fourth-order valence-electron chi connectivity index (χ4n) is 1.58. The number of carbonyl (C=O) groups is 2. The van der Waals surface area contributed by atoms with Crippen LogP contribution in [0.15, 0.2) is 18.2 Å². The number of hydrogen-bond acceptors (Lipinski definition) is 3. The molecule has 1 rings (SSSR count). The van der Waals surface area contributed by atoms with Crippen LogP contribution in [0.3, 0.4) is 0 Å². The zero-order valence-corrected chi connectivity index (χ0v) is 10.5. The molecule has 1 atom stereocenters. The molecule has 0 heterocycles. The smallest absolute Gasteiger partial charge is 0.328 e. The van der Waals surface area contributed by atoms with Crippen LogP contribution in [0.2, 0.25) is 0 Å². The van der Waals surface area contributed by atoms with E-state index in [1.807, 2.05) is 26.0 Å². The molecule has 0 saturated heterocycles. The number of methoxy groups -OCH3 is 1. The van der Waals surface area contributed by atoms with Gasteiger partial charge in [-0.2, -0.15) is 0 Å². The lowest BCUT2D eigenvalue weighted by atomic mass is 10.0. The van der Waals surface area contributed by atoms with E-state index in [2.05, 4.69) is 10.1 Å². The maximum atomic E-state index is 11.9. The van der Waals surface area contributed by atoms with Crippen molar-refractivity contribution in [2.45, 2.75) is 26.8 Å². The first kappa shape index (κ1) is 13.2. The Bertz CT molecular complexity index is 440. The molecule has 0 saturated carbocycles. The molecule has 0 spiro atoms. The molecule has 0 aliphatic rings. The van der Waals surface area contributed by atoms with E-state index >= 15 is 0 Å². The first-order valence-electron chi connectivity index (χ1n) is 5.41. The topological polar surface area (TPSA) is 55.4 Å². The summed E-state index contributed by atoms with van der Waals surface area (Å²) in [4.78, 5) is 23.1. The van der Waals surface area contributed by atoms with Crippen LogP contribution < -0.4 is 5.32 Å². The number of ether oxygens (including phenoxy) is 1.